The van der Waals surface area contributed by atoms with E-state index in [9.17, 15) is 0 Å². The molecule has 1 aromatic carbocycles. The maximum atomic E-state index is 5.10. The second kappa shape index (κ2) is 4.30. The molecule has 0 spiro atoms. The zero-order valence-corrected chi connectivity index (χ0v) is 9.58. The van der Waals surface area contributed by atoms with Crippen LogP contribution in [0.4, 0.5) is 0 Å². The van der Waals surface area contributed by atoms with Crippen LogP contribution in [0, 0.1) is 0 Å². The van der Waals surface area contributed by atoms with E-state index in [2.05, 4.69) is 29.4 Å². The third-order valence-corrected chi connectivity index (χ3v) is 2.33. The van der Waals surface area contributed by atoms with Crippen molar-refractivity contribution in [2.24, 2.45) is 0 Å². The Labute approximate surface area is 94.0 Å². The van der Waals surface area contributed by atoms with Gasteiger partial charge in [0.1, 0.15) is 5.75 Å². The first-order chi connectivity index (χ1) is 7.72. The number of nitrogens with zero attached hydrogens (tertiary/aromatic N) is 4. The number of benzene rings is 1. The van der Waals surface area contributed by atoms with Gasteiger partial charge in [0.2, 0.25) is 0 Å². The molecule has 0 bridgehead atoms. The van der Waals surface area contributed by atoms with Crippen LogP contribution in [0.25, 0.3) is 5.69 Å². The van der Waals surface area contributed by atoms with Crippen molar-refractivity contribution in [1.82, 2.24) is 20.2 Å². The van der Waals surface area contributed by atoms with Crippen LogP contribution in [0.2, 0.25) is 0 Å². The second-order valence-corrected chi connectivity index (χ2v) is 3.80. The quantitative estimate of drug-likeness (QED) is 0.788. The number of hydrogen-bond donors (Lipinski definition) is 0. The molecular weight excluding hydrogens is 204 g/mol. The van der Waals surface area contributed by atoms with Gasteiger partial charge in [-0.05, 0) is 34.7 Å². The lowest BCUT2D eigenvalue weighted by atomic mass is 10.2. The number of hydrogen-bond acceptors (Lipinski definition) is 4. The van der Waals surface area contributed by atoms with Crippen LogP contribution >= 0.6 is 0 Å². The minimum absolute atomic E-state index is 0.289. The zero-order chi connectivity index (χ0) is 11.5. The minimum atomic E-state index is 0.289. The Hall–Kier alpha value is -1.91. The molecule has 0 amide bonds. The Balaban J connectivity index is 2.38. The standard InChI is InChI=1S/C11H14N4O/c1-8(2)11-12-13-14-15(11)9-4-6-10(16-3)7-5-9/h4-8H,1-3H3. The molecule has 84 valence electrons. The minimum Gasteiger partial charge on any atom is -0.497 e. The van der Waals surface area contributed by atoms with E-state index in [-0.39, 0.29) is 5.92 Å². The summed E-state index contributed by atoms with van der Waals surface area (Å²) in [5, 5.41) is 11.7. The Morgan fingerprint density at radius 3 is 2.44 bits per heavy atom. The van der Waals surface area contributed by atoms with Crippen LogP contribution in [0.3, 0.4) is 0 Å². The molecule has 5 nitrogen and oxygen atoms in total. The number of methoxy groups -OCH3 is 1. The maximum absolute atomic E-state index is 5.10. The van der Waals surface area contributed by atoms with Crippen molar-refractivity contribution in [2.75, 3.05) is 7.11 Å². The summed E-state index contributed by atoms with van der Waals surface area (Å²) >= 11 is 0. The highest BCUT2D eigenvalue weighted by atomic mass is 16.5. The van der Waals surface area contributed by atoms with E-state index in [1.165, 1.54) is 0 Å². The molecule has 0 aliphatic rings. The summed E-state index contributed by atoms with van der Waals surface area (Å²) in [6.07, 6.45) is 0. The van der Waals surface area contributed by atoms with Crippen molar-refractivity contribution < 1.29 is 4.74 Å². The molecule has 1 heterocycles. The Bertz CT molecular complexity index is 461. The van der Waals surface area contributed by atoms with Crippen LogP contribution in [-0.2, 0) is 0 Å². The van der Waals surface area contributed by atoms with E-state index in [0.29, 0.717) is 0 Å². The lowest BCUT2D eigenvalue weighted by Crippen LogP contribution is -2.04. The maximum Gasteiger partial charge on any atom is 0.159 e. The largest absolute Gasteiger partial charge is 0.497 e. The normalized spacial score (nSPS) is 10.8. The summed E-state index contributed by atoms with van der Waals surface area (Å²) < 4.78 is 6.84. The van der Waals surface area contributed by atoms with E-state index < -0.39 is 0 Å². The van der Waals surface area contributed by atoms with Gasteiger partial charge in [-0.25, -0.2) is 0 Å². The predicted octanol–water partition coefficient (Wildman–Crippen LogP) is 1.79. The average molecular weight is 218 g/mol. The fraction of sp³-hybridized carbons (Fsp3) is 0.364. The first kappa shape index (κ1) is 10.6. The molecule has 2 aromatic rings. The fourth-order valence-electron chi connectivity index (χ4n) is 1.46. The third-order valence-electron chi connectivity index (χ3n) is 2.33. The fourth-order valence-corrected chi connectivity index (χ4v) is 1.46. The van der Waals surface area contributed by atoms with Crippen LogP contribution in [0.15, 0.2) is 24.3 Å². The Morgan fingerprint density at radius 2 is 1.88 bits per heavy atom. The topological polar surface area (TPSA) is 52.8 Å². The summed E-state index contributed by atoms with van der Waals surface area (Å²) in [5.41, 5.74) is 0.939. The van der Waals surface area contributed by atoms with Gasteiger partial charge < -0.3 is 4.74 Å². The van der Waals surface area contributed by atoms with Crippen LogP contribution < -0.4 is 4.74 Å². The molecule has 0 radical (unpaired) electrons. The third kappa shape index (κ3) is 1.88. The summed E-state index contributed by atoms with van der Waals surface area (Å²) in [6.45, 7) is 4.12. The number of tetrazole rings is 1. The van der Waals surface area contributed by atoms with Gasteiger partial charge in [-0.1, -0.05) is 13.8 Å². The number of aromatic nitrogens is 4. The highest BCUT2D eigenvalue weighted by Crippen LogP contribution is 2.17. The van der Waals surface area contributed by atoms with Gasteiger partial charge in [-0.2, -0.15) is 4.68 Å². The van der Waals surface area contributed by atoms with E-state index in [4.69, 9.17) is 4.74 Å². The van der Waals surface area contributed by atoms with E-state index in [0.717, 1.165) is 17.3 Å². The molecule has 0 N–H and O–H groups in total. The lowest BCUT2D eigenvalue weighted by Gasteiger charge is -2.07. The SMILES string of the molecule is COc1ccc(-n2nnnc2C(C)C)cc1. The van der Waals surface area contributed by atoms with Gasteiger partial charge >= 0.3 is 0 Å². The van der Waals surface area contributed by atoms with Crippen LogP contribution in [-0.4, -0.2) is 27.3 Å². The summed E-state index contributed by atoms with van der Waals surface area (Å²) in [6, 6.07) is 7.64. The molecule has 0 fully saturated rings. The first-order valence-electron chi connectivity index (χ1n) is 5.15. The molecule has 0 saturated heterocycles. The van der Waals surface area contributed by atoms with Crippen molar-refractivity contribution in [3.63, 3.8) is 0 Å². The molecule has 0 saturated carbocycles. The summed E-state index contributed by atoms with van der Waals surface area (Å²) in [7, 11) is 1.64. The average Bonchev–Trinajstić information content (AvgIpc) is 2.78. The number of ether oxygens (including phenoxy) is 1. The molecule has 16 heavy (non-hydrogen) atoms. The molecule has 1 aromatic heterocycles. The van der Waals surface area contributed by atoms with Gasteiger partial charge in [0.15, 0.2) is 5.82 Å². The molecule has 2 rings (SSSR count). The molecule has 0 atom stereocenters. The lowest BCUT2D eigenvalue weighted by molar-refractivity contribution is 0.414. The predicted molar refractivity (Wildman–Crippen MR) is 59.8 cm³/mol. The molecule has 0 aliphatic carbocycles. The Kier molecular flexibility index (Phi) is 2.85. The van der Waals surface area contributed by atoms with Crippen molar-refractivity contribution in [2.45, 2.75) is 19.8 Å². The van der Waals surface area contributed by atoms with Crippen LogP contribution in [0.1, 0.15) is 25.6 Å². The monoisotopic (exact) mass is 218 g/mol. The summed E-state index contributed by atoms with van der Waals surface area (Å²) in [4.78, 5) is 0. The highest BCUT2D eigenvalue weighted by Gasteiger charge is 2.11. The molecular formula is C11H14N4O. The first-order valence-corrected chi connectivity index (χ1v) is 5.15. The van der Waals surface area contributed by atoms with Crippen molar-refractivity contribution in [3.05, 3.63) is 30.1 Å². The van der Waals surface area contributed by atoms with E-state index in [1.807, 2.05) is 24.3 Å². The van der Waals surface area contributed by atoms with E-state index >= 15 is 0 Å². The summed E-state index contributed by atoms with van der Waals surface area (Å²) in [5.74, 6) is 1.96. The van der Waals surface area contributed by atoms with Crippen molar-refractivity contribution >= 4 is 0 Å². The van der Waals surface area contributed by atoms with Gasteiger partial charge in [0.05, 0.1) is 12.8 Å². The highest BCUT2D eigenvalue weighted by molar-refractivity contribution is 5.37. The molecule has 0 aliphatic heterocycles. The van der Waals surface area contributed by atoms with Crippen molar-refractivity contribution in [1.29, 1.82) is 0 Å². The molecule has 5 heteroatoms. The van der Waals surface area contributed by atoms with Crippen LogP contribution in [0.5, 0.6) is 5.75 Å². The van der Waals surface area contributed by atoms with E-state index in [1.54, 1.807) is 11.8 Å². The Morgan fingerprint density at radius 1 is 1.19 bits per heavy atom. The molecule has 0 unspecified atom stereocenters. The van der Waals surface area contributed by atoms with Gasteiger partial charge in [-0.3, -0.25) is 0 Å². The van der Waals surface area contributed by atoms with Gasteiger partial charge in [0.25, 0.3) is 0 Å². The second-order valence-electron chi connectivity index (χ2n) is 3.80. The zero-order valence-electron chi connectivity index (χ0n) is 9.58. The van der Waals surface area contributed by atoms with Gasteiger partial charge in [-0.15, -0.1) is 5.10 Å². The van der Waals surface area contributed by atoms with Gasteiger partial charge in [0, 0.05) is 5.92 Å². The number of rotatable bonds is 3. The van der Waals surface area contributed by atoms with Crippen molar-refractivity contribution in [3.8, 4) is 11.4 Å². The smallest absolute Gasteiger partial charge is 0.159 e.